The van der Waals surface area contributed by atoms with Crippen LogP contribution < -0.4 is 10.2 Å². The molecule has 4 nitrogen and oxygen atoms in total. The van der Waals surface area contributed by atoms with Crippen molar-refractivity contribution >= 4 is 17.5 Å². The number of carbonyl (C=O) groups is 2. The van der Waals surface area contributed by atoms with Crippen molar-refractivity contribution < 1.29 is 9.59 Å². The average Bonchev–Trinajstić information content (AvgIpc) is 3.20. The van der Waals surface area contributed by atoms with Gasteiger partial charge in [0.1, 0.15) is 0 Å². The highest BCUT2D eigenvalue weighted by molar-refractivity contribution is 6.07. The fourth-order valence-electron chi connectivity index (χ4n) is 4.00. The highest BCUT2D eigenvalue weighted by atomic mass is 16.2. The lowest BCUT2D eigenvalue weighted by atomic mass is 10.0. The minimum atomic E-state index is -0.0424. The predicted octanol–water partition coefficient (Wildman–Crippen LogP) is 3.95. The Morgan fingerprint density at radius 3 is 2.35 bits per heavy atom. The van der Waals surface area contributed by atoms with Crippen molar-refractivity contribution in [3.63, 3.8) is 0 Å². The van der Waals surface area contributed by atoms with Gasteiger partial charge in [0, 0.05) is 29.4 Å². The lowest BCUT2D eigenvalue weighted by Gasteiger charge is -2.29. The van der Waals surface area contributed by atoms with Crippen LogP contribution in [0.4, 0.5) is 5.69 Å². The van der Waals surface area contributed by atoms with E-state index >= 15 is 0 Å². The van der Waals surface area contributed by atoms with Gasteiger partial charge in [-0.05, 0) is 61.6 Å². The number of carbonyl (C=O) groups excluding carboxylic acids is 2. The molecule has 0 bridgehead atoms. The van der Waals surface area contributed by atoms with Crippen LogP contribution in [0.2, 0.25) is 0 Å². The van der Waals surface area contributed by atoms with E-state index in [1.54, 1.807) is 24.3 Å². The van der Waals surface area contributed by atoms with Crippen molar-refractivity contribution in [2.75, 3.05) is 11.4 Å². The first-order chi connectivity index (χ1) is 12.7. The van der Waals surface area contributed by atoms with E-state index in [0.717, 1.165) is 37.9 Å². The van der Waals surface area contributed by atoms with Gasteiger partial charge < -0.3 is 10.2 Å². The second kappa shape index (κ2) is 7.32. The monoisotopic (exact) mass is 348 g/mol. The van der Waals surface area contributed by atoms with Gasteiger partial charge in [0.15, 0.2) is 0 Å². The van der Waals surface area contributed by atoms with Crippen LogP contribution in [-0.4, -0.2) is 24.4 Å². The largest absolute Gasteiger partial charge is 0.349 e. The minimum Gasteiger partial charge on any atom is -0.349 e. The molecule has 1 aliphatic heterocycles. The fourth-order valence-corrected chi connectivity index (χ4v) is 4.00. The maximum atomic E-state index is 12.9. The molecule has 1 N–H and O–H groups in total. The molecule has 2 amide bonds. The van der Waals surface area contributed by atoms with E-state index in [-0.39, 0.29) is 11.8 Å². The number of amides is 2. The highest BCUT2D eigenvalue weighted by Crippen LogP contribution is 2.28. The van der Waals surface area contributed by atoms with Gasteiger partial charge in [-0.1, -0.05) is 31.0 Å². The Morgan fingerprint density at radius 2 is 1.58 bits per heavy atom. The Kier molecular flexibility index (Phi) is 4.74. The molecule has 4 heteroatoms. The molecule has 1 fully saturated rings. The summed E-state index contributed by atoms with van der Waals surface area (Å²) in [6.45, 7) is 0.736. The number of aryl methyl sites for hydroxylation is 1. The second-order valence-corrected chi connectivity index (χ2v) is 7.22. The van der Waals surface area contributed by atoms with Crippen molar-refractivity contribution in [2.24, 2.45) is 0 Å². The quantitative estimate of drug-likeness (QED) is 0.913. The molecule has 2 aromatic rings. The lowest BCUT2D eigenvalue weighted by Crippen LogP contribution is -2.35. The maximum absolute atomic E-state index is 12.9. The van der Waals surface area contributed by atoms with Gasteiger partial charge in [-0.15, -0.1) is 0 Å². The van der Waals surface area contributed by atoms with Gasteiger partial charge in [0.05, 0.1) is 0 Å². The molecule has 0 atom stereocenters. The molecule has 2 aromatic carbocycles. The molecule has 4 rings (SSSR count). The first-order valence-corrected chi connectivity index (χ1v) is 9.53. The summed E-state index contributed by atoms with van der Waals surface area (Å²) < 4.78 is 0. The molecular weight excluding hydrogens is 324 g/mol. The second-order valence-electron chi connectivity index (χ2n) is 7.22. The van der Waals surface area contributed by atoms with Crippen LogP contribution in [0, 0.1) is 0 Å². The molecule has 0 aromatic heterocycles. The third-order valence-electron chi connectivity index (χ3n) is 5.44. The van der Waals surface area contributed by atoms with Gasteiger partial charge in [0.25, 0.3) is 11.8 Å². The molecule has 1 aliphatic carbocycles. The van der Waals surface area contributed by atoms with Crippen LogP contribution in [-0.2, 0) is 6.42 Å². The van der Waals surface area contributed by atoms with Gasteiger partial charge in [-0.2, -0.15) is 0 Å². The van der Waals surface area contributed by atoms with Gasteiger partial charge in [-0.3, -0.25) is 9.59 Å². The number of para-hydroxylation sites is 1. The zero-order valence-electron chi connectivity index (χ0n) is 14.9. The van der Waals surface area contributed by atoms with Crippen LogP contribution in [0.25, 0.3) is 0 Å². The van der Waals surface area contributed by atoms with Crippen molar-refractivity contribution in [3.05, 3.63) is 65.2 Å². The van der Waals surface area contributed by atoms with E-state index in [2.05, 4.69) is 11.4 Å². The number of fused-ring (bicyclic) bond motifs is 1. The van der Waals surface area contributed by atoms with Crippen molar-refractivity contribution in [2.45, 2.75) is 44.6 Å². The zero-order chi connectivity index (χ0) is 17.9. The molecule has 1 heterocycles. The Morgan fingerprint density at radius 1 is 0.885 bits per heavy atom. The van der Waals surface area contributed by atoms with Crippen LogP contribution in [0.15, 0.2) is 48.5 Å². The molecule has 0 spiro atoms. The summed E-state index contributed by atoms with van der Waals surface area (Å²) in [5, 5.41) is 3.09. The number of nitrogens with one attached hydrogen (secondary N) is 1. The topological polar surface area (TPSA) is 49.4 Å². The normalized spacial score (nSPS) is 17.0. The Balaban J connectivity index is 1.48. The molecule has 134 valence electrons. The maximum Gasteiger partial charge on any atom is 0.258 e. The third-order valence-corrected chi connectivity index (χ3v) is 5.44. The molecule has 0 unspecified atom stereocenters. The SMILES string of the molecule is O=C(NC1CCCC1)c1ccc(C(=O)N2CCCc3ccccc32)cc1. The Hall–Kier alpha value is -2.62. The lowest BCUT2D eigenvalue weighted by molar-refractivity contribution is 0.0935. The molecule has 0 radical (unpaired) electrons. The number of nitrogens with zero attached hydrogens (tertiary/aromatic N) is 1. The molecule has 1 saturated carbocycles. The van der Waals surface area contributed by atoms with Crippen LogP contribution in [0.3, 0.4) is 0 Å². The molecule has 2 aliphatic rings. The molecule has 26 heavy (non-hydrogen) atoms. The highest BCUT2D eigenvalue weighted by Gasteiger charge is 2.23. The molecular formula is C22H24N2O2. The van der Waals surface area contributed by atoms with E-state index in [0.29, 0.717) is 17.2 Å². The fraction of sp³-hybridized carbons (Fsp3) is 0.364. The minimum absolute atomic E-state index is 0.0000916. The Bertz CT molecular complexity index is 807. The van der Waals surface area contributed by atoms with Crippen LogP contribution in [0.1, 0.15) is 58.4 Å². The van der Waals surface area contributed by atoms with Gasteiger partial charge in [0.2, 0.25) is 0 Å². The smallest absolute Gasteiger partial charge is 0.258 e. The summed E-state index contributed by atoms with van der Waals surface area (Å²) >= 11 is 0. The number of anilines is 1. The van der Waals surface area contributed by atoms with E-state index in [1.807, 2.05) is 23.1 Å². The summed E-state index contributed by atoms with van der Waals surface area (Å²) in [5.74, 6) is -0.0425. The number of rotatable bonds is 3. The summed E-state index contributed by atoms with van der Waals surface area (Å²) in [6, 6.07) is 15.4. The molecule has 0 saturated heterocycles. The number of hydrogen-bond acceptors (Lipinski definition) is 2. The number of hydrogen-bond donors (Lipinski definition) is 1. The first kappa shape index (κ1) is 16.8. The van der Waals surface area contributed by atoms with E-state index < -0.39 is 0 Å². The average molecular weight is 348 g/mol. The van der Waals surface area contributed by atoms with Crippen molar-refractivity contribution in [3.8, 4) is 0 Å². The zero-order valence-corrected chi connectivity index (χ0v) is 14.9. The van der Waals surface area contributed by atoms with E-state index in [1.165, 1.54) is 18.4 Å². The first-order valence-electron chi connectivity index (χ1n) is 9.53. The van der Waals surface area contributed by atoms with Gasteiger partial charge >= 0.3 is 0 Å². The summed E-state index contributed by atoms with van der Waals surface area (Å²) in [4.78, 5) is 27.1. The van der Waals surface area contributed by atoms with E-state index in [4.69, 9.17) is 0 Å². The summed E-state index contributed by atoms with van der Waals surface area (Å²) in [7, 11) is 0. The van der Waals surface area contributed by atoms with E-state index in [9.17, 15) is 9.59 Å². The van der Waals surface area contributed by atoms with Crippen LogP contribution in [0.5, 0.6) is 0 Å². The number of benzene rings is 2. The summed E-state index contributed by atoms with van der Waals surface area (Å²) in [5.41, 5.74) is 3.47. The Labute approximate surface area is 154 Å². The van der Waals surface area contributed by atoms with Crippen LogP contribution >= 0.6 is 0 Å². The van der Waals surface area contributed by atoms with Crippen molar-refractivity contribution in [1.29, 1.82) is 0 Å². The van der Waals surface area contributed by atoms with Crippen molar-refractivity contribution in [1.82, 2.24) is 5.32 Å². The standard InChI is InChI=1S/C22H24N2O2/c25-21(23-19-8-2-3-9-19)17-11-13-18(14-12-17)22(26)24-15-5-7-16-6-1-4-10-20(16)24/h1,4,6,10-14,19H,2-3,5,7-9,15H2,(H,23,25). The van der Waals surface area contributed by atoms with Gasteiger partial charge in [-0.25, -0.2) is 0 Å². The third kappa shape index (κ3) is 3.36. The predicted molar refractivity (Wildman–Crippen MR) is 103 cm³/mol. The summed E-state index contributed by atoms with van der Waals surface area (Å²) in [6.07, 6.45) is 6.50.